The first kappa shape index (κ1) is 10.0. The zero-order valence-electron chi connectivity index (χ0n) is 9.64. The molecule has 3 heteroatoms. The van der Waals surface area contributed by atoms with Crippen LogP contribution in [0, 0.1) is 6.92 Å². The van der Waals surface area contributed by atoms with Crippen LogP contribution in [0.2, 0.25) is 0 Å². The van der Waals surface area contributed by atoms with E-state index >= 15 is 0 Å². The Balaban J connectivity index is 2.10. The van der Waals surface area contributed by atoms with E-state index in [9.17, 15) is 0 Å². The number of hydrogen-bond acceptors (Lipinski definition) is 2. The first-order valence-electron chi connectivity index (χ1n) is 5.68. The minimum Gasteiger partial charge on any atom is -0.258 e. The fraction of sp³-hybridized carbons (Fsp3) is 0.143. The summed E-state index contributed by atoms with van der Waals surface area (Å²) in [5, 5.41) is 11.0. The molecule has 0 unspecified atom stereocenters. The van der Waals surface area contributed by atoms with Gasteiger partial charge in [0.2, 0.25) is 0 Å². The van der Waals surface area contributed by atoms with E-state index in [1.54, 1.807) is 0 Å². The lowest BCUT2D eigenvalue weighted by Gasteiger charge is -2.06. The van der Waals surface area contributed by atoms with Gasteiger partial charge in [0.05, 0.1) is 5.52 Å². The van der Waals surface area contributed by atoms with Crippen molar-refractivity contribution in [3.63, 3.8) is 0 Å². The molecule has 0 aliphatic rings. The molecule has 0 aliphatic carbocycles. The van der Waals surface area contributed by atoms with Crippen LogP contribution in [-0.2, 0) is 6.42 Å². The van der Waals surface area contributed by atoms with Gasteiger partial charge in [-0.2, -0.15) is 0 Å². The van der Waals surface area contributed by atoms with Gasteiger partial charge < -0.3 is 0 Å². The van der Waals surface area contributed by atoms with Crippen molar-refractivity contribution in [2.24, 2.45) is 0 Å². The van der Waals surface area contributed by atoms with Crippen molar-refractivity contribution in [3.05, 3.63) is 59.2 Å². The van der Waals surface area contributed by atoms with Gasteiger partial charge in [-0.25, -0.2) is 0 Å². The van der Waals surface area contributed by atoms with E-state index in [1.807, 2.05) is 12.1 Å². The number of rotatable bonds is 2. The average Bonchev–Trinajstić information content (AvgIpc) is 2.83. The molecule has 0 amide bonds. The van der Waals surface area contributed by atoms with Gasteiger partial charge in [0, 0.05) is 0 Å². The Hall–Kier alpha value is -2.16. The molecule has 3 aromatic rings. The third-order valence-corrected chi connectivity index (χ3v) is 3.06. The maximum atomic E-state index is 4.17. The summed E-state index contributed by atoms with van der Waals surface area (Å²) in [5.74, 6) is 0. The van der Waals surface area contributed by atoms with Gasteiger partial charge in [0.1, 0.15) is 5.52 Å². The molecular formula is C14H13N3. The Morgan fingerprint density at radius 3 is 2.71 bits per heavy atom. The number of aryl methyl sites for hydroxylation is 1. The zero-order chi connectivity index (χ0) is 11.7. The Morgan fingerprint density at radius 1 is 1.06 bits per heavy atom. The van der Waals surface area contributed by atoms with E-state index in [4.69, 9.17) is 0 Å². The topological polar surface area (TPSA) is 41.6 Å². The largest absolute Gasteiger partial charge is 0.258 e. The van der Waals surface area contributed by atoms with E-state index in [0.717, 1.165) is 17.5 Å². The lowest BCUT2D eigenvalue weighted by atomic mass is 9.99. The fourth-order valence-electron chi connectivity index (χ4n) is 2.09. The second-order valence-electron chi connectivity index (χ2n) is 4.23. The molecule has 0 saturated heterocycles. The van der Waals surface area contributed by atoms with E-state index in [-0.39, 0.29) is 0 Å². The smallest absolute Gasteiger partial charge is 0.116 e. The molecule has 17 heavy (non-hydrogen) atoms. The molecule has 1 N–H and O–H groups in total. The summed E-state index contributed by atoms with van der Waals surface area (Å²) < 4.78 is 0. The van der Waals surface area contributed by atoms with Crippen molar-refractivity contribution < 1.29 is 0 Å². The number of H-pyrrole nitrogens is 1. The molecule has 0 fully saturated rings. The summed E-state index contributed by atoms with van der Waals surface area (Å²) in [6.45, 7) is 2.12. The van der Waals surface area contributed by atoms with Crippen molar-refractivity contribution in [3.8, 4) is 0 Å². The van der Waals surface area contributed by atoms with Gasteiger partial charge in [-0.3, -0.25) is 5.10 Å². The van der Waals surface area contributed by atoms with Gasteiger partial charge in [0.25, 0.3) is 0 Å². The van der Waals surface area contributed by atoms with Gasteiger partial charge in [-0.15, -0.1) is 5.10 Å². The Kier molecular flexibility index (Phi) is 2.37. The molecule has 2 aromatic carbocycles. The van der Waals surface area contributed by atoms with E-state index in [0.29, 0.717) is 0 Å². The number of nitrogens with one attached hydrogen (secondary N) is 1. The lowest BCUT2D eigenvalue weighted by molar-refractivity contribution is 0.956. The number of benzene rings is 2. The van der Waals surface area contributed by atoms with Crippen LogP contribution in [0.25, 0.3) is 11.0 Å². The standard InChI is InChI=1S/C14H13N3/c1-10-7-8-13-14(16-17-15-13)12(10)9-11-5-3-2-4-6-11/h2-8H,9H2,1H3,(H,15,16,17). The molecule has 0 atom stereocenters. The SMILES string of the molecule is Cc1ccc2[nH]nnc2c1Cc1ccccc1. The quantitative estimate of drug-likeness (QED) is 0.725. The van der Waals surface area contributed by atoms with Crippen LogP contribution in [0.4, 0.5) is 0 Å². The van der Waals surface area contributed by atoms with Gasteiger partial charge in [-0.1, -0.05) is 41.6 Å². The predicted molar refractivity (Wildman–Crippen MR) is 67.9 cm³/mol. The minimum atomic E-state index is 0.899. The molecule has 1 aromatic heterocycles. The van der Waals surface area contributed by atoms with Crippen LogP contribution in [-0.4, -0.2) is 15.4 Å². The van der Waals surface area contributed by atoms with Crippen LogP contribution in [0.5, 0.6) is 0 Å². The Morgan fingerprint density at radius 2 is 1.88 bits per heavy atom. The first-order chi connectivity index (χ1) is 8.34. The van der Waals surface area contributed by atoms with Crippen LogP contribution in [0.15, 0.2) is 42.5 Å². The van der Waals surface area contributed by atoms with E-state index in [1.165, 1.54) is 16.7 Å². The maximum Gasteiger partial charge on any atom is 0.116 e. The van der Waals surface area contributed by atoms with Crippen LogP contribution in [0.1, 0.15) is 16.7 Å². The molecule has 84 valence electrons. The summed E-state index contributed by atoms with van der Waals surface area (Å²) in [4.78, 5) is 0. The molecule has 0 saturated carbocycles. The van der Waals surface area contributed by atoms with Crippen molar-refractivity contribution >= 4 is 11.0 Å². The summed E-state index contributed by atoms with van der Waals surface area (Å²) in [7, 11) is 0. The van der Waals surface area contributed by atoms with Gasteiger partial charge >= 0.3 is 0 Å². The van der Waals surface area contributed by atoms with Gasteiger partial charge in [0.15, 0.2) is 0 Å². The lowest BCUT2D eigenvalue weighted by Crippen LogP contribution is -1.93. The van der Waals surface area contributed by atoms with Crippen molar-refractivity contribution in [1.82, 2.24) is 15.4 Å². The molecule has 1 heterocycles. The number of aromatic amines is 1. The van der Waals surface area contributed by atoms with Crippen LogP contribution >= 0.6 is 0 Å². The molecular weight excluding hydrogens is 210 g/mol. The second-order valence-corrected chi connectivity index (χ2v) is 4.23. The highest BCUT2D eigenvalue weighted by Gasteiger charge is 2.08. The third kappa shape index (κ3) is 1.80. The Bertz CT molecular complexity index is 641. The first-order valence-corrected chi connectivity index (χ1v) is 5.68. The third-order valence-electron chi connectivity index (χ3n) is 3.06. The number of nitrogens with zero attached hydrogens (tertiary/aromatic N) is 2. The molecule has 3 rings (SSSR count). The average molecular weight is 223 g/mol. The van der Waals surface area contributed by atoms with Crippen LogP contribution < -0.4 is 0 Å². The van der Waals surface area contributed by atoms with E-state index < -0.39 is 0 Å². The number of hydrogen-bond donors (Lipinski definition) is 1. The molecule has 0 bridgehead atoms. The second kappa shape index (κ2) is 4.01. The predicted octanol–water partition coefficient (Wildman–Crippen LogP) is 2.86. The molecule has 3 nitrogen and oxygen atoms in total. The molecule has 0 radical (unpaired) electrons. The highest BCUT2D eigenvalue weighted by molar-refractivity contribution is 5.79. The summed E-state index contributed by atoms with van der Waals surface area (Å²) in [5.41, 5.74) is 5.79. The highest BCUT2D eigenvalue weighted by atomic mass is 15.3. The van der Waals surface area contributed by atoms with E-state index in [2.05, 4.69) is 52.7 Å². The zero-order valence-corrected chi connectivity index (χ0v) is 9.64. The monoisotopic (exact) mass is 223 g/mol. The fourth-order valence-corrected chi connectivity index (χ4v) is 2.09. The van der Waals surface area contributed by atoms with Gasteiger partial charge in [-0.05, 0) is 36.1 Å². The van der Waals surface area contributed by atoms with Crippen molar-refractivity contribution in [2.45, 2.75) is 13.3 Å². The number of aromatic nitrogens is 3. The Labute approximate surface area is 99.5 Å². The molecule has 0 spiro atoms. The highest BCUT2D eigenvalue weighted by Crippen LogP contribution is 2.21. The summed E-state index contributed by atoms with van der Waals surface area (Å²) in [6, 6.07) is 14.6. The van der Waals surface area contributed by atoms with Crippen LogP contribution in [0.3, 0.4) is 0 Å². The normalized spacial score (nSPS) is 10.9. The molecule has 0 aliphatic heterocycles. The maximum absolute atomic E-state index is 4.17. The minimum absolute atomic E-state index is 0.899. The summed E-state index contributed by atoms with van der Waals surface area (Å²) >= 11 is 0. The summed E-state index contributed by atoms with van der Waals surface area (Å²) in [6.07, 6.45) is 0.899. The number of fused-ring (bicyclic) bond motifs is 1. The van der Waals surface area contributed by atoms with Crippen molar-refractivity contribution in [1.29, 1.82) is 0 Å². The van der Waals surface area contributed by atoms with Crippen molar-refractivity contribution in [2.75, 3.05) is 0 Å².